The molecule has 2 heterocycles. The second-order valence-corrected chi connectivity index (χ2v) is 10.6. The molecule has 1 atom stereocenters. The Kier molecular flexibility index (Phi) is 5.37. The van der Waals surface area contributed by atoms with E-state index in [9.17, 15) is 0 Å². The average molecular weight is 517 g/mol. The topological polar surface area (TPSA) is 33.4 Å². The smallest absolute Gasteiger partial charge is 0.0987 e. The summed E-state index contributed by atoms with van der Waals surface area (Å²) in [6.45, 7) is 0. The molecule has 4 heteroatoms. The minimum Gasteiger partial charge on any atom is -0.257 e. The number of hydrogen-bond donors (Lipinski definition) is 0. The van der Waals surface area contributed by atoms with Gasteiger partial charge in [0, 0.05) is 23.7 Å². The monoisotopic (exact) mass is 516 g/mol. The van der Waals surface area contributed by atoms with Crippen molar-refractivity contribution in [1.82, 2.24) is 9.78 Å². The molecular weight excluding hydrogens is 488 g/mol. The van der Waals surface area contributed by atoms with Crippen LogP contribution >= 0.6 is 0 Å². The number of hydrogen-bond acceptors (Lipinski definition) is 3. The Bertz CT molecular complexity index is 1860. The van der Waals surface area contributed by atoms with Gasteiger partial charge in [0.25, 0.3) is 0 Å². The molecule has 1 aliphatic carbocycles. The van der Waals surface area contributed by atoms with Crippen molar-refractivity contribution in [2.24, 2.45) is 5.10 Å². The lowest BCUT2D eigenvalue weighted by Gasteiger charge is -2.24. The molecule has 1 aromatic heterocycles. The van der Waals surface area contributed by atoms with Crippen molar-refractivity contribution < 1.29 is 0 Å². The van der Waals surface area contributed by atoms with E-state index in [1.54, 1.807) is 0 Å². The summed E-state index contributed by atoms with van der Waals surface area (Å²) in [5, 5.41) is 15.4. The van der Waals surface area contributed by atoms with Crippen LogP contribution in [0.4, 0.5) is 5.69 Å². The lowest BCUT2D eigenvalue weighted by Crippen LogP contribution is -2.18. The highest BCUT2D eigenvalue weighted by molar-refractivity contribution is 6.04. The molecule has 0 saturated heterocycles. The van der Waals surface area contributed by atoms with E-state index in [0.717, 1.165) is 47.6 Å². The fraction of sp³-hybridized carbons (Fsp3) is 0.111. The minimum atomic E-state index is 0.00751. The van der Waals surface area contributed by atoms with Crippen LogP contribution in [0.1, 0.15) is 34.7 Å². The zero-order valence-corrected chi connectivity index (χ0v) is 22.1. The molecule has 0 spiro atoms. The number of aromatic nitrogens is 2. The van der Waals surface area contributed by atoms with Crippen molar-refractivity contribution in [2.45, 2.75) is 25.3 Å². The van der Waals surface area contributed by atoms with E-state index in [-0.39, 0.29) is 6.04 Å². The summed E-state index contributed by atoms with van der Waals surface area (Å²) in [5.41, 5.74) is 10.7. The van der Waals surface area contributed by atoms with Crippen LogP contribution in [0.2, 0.25) is 0 Å². The average Bonchev–Trinajstić information content (AvgIpc) is 3.77. The van der Waals surface area contributed by atoms with Gasteiger partial charge in [0.2, 0.25) is 0 Å². The fourth-order valence-corrected chi connectivity index (χ4v) is 6.38. The second kappa shape index (κ2) is 9.35. The Morgan fingerprint density at radius 3 is 2.05 bits per heavy atom. The van der Waals surface area contributed by atoms with Crippen LogP contribution in [-0.2, 0) is 12.8 Å². The Labute approximate surface area is 233 Å². The van der Waals surface area contributed by atoms with Gasteiger partial charge in [-0.25, -0.2) is 4.68 Å². The highest BCUT2D eigenvalue weighted by atomic mass is 15.5. The third kappa shape index (κ3) is 3.76. The summed E-state index contributed by atoms with van der Waals surface area (Å²) in [6, 6.07) is 42.8. The number of rotatable bonds is 5. The van der Waals surface area contributed by atoms with Crippen molar-refractivity contribution >= 4 is 22.2 Å². The van der Waals surface area contributed by atoms with Gasteiger partial charge in [-0.3, -0.25) is 5.01 Å². The van der Waals surface area contributed by atoms with Crippen molar-refractivity contribution in [3.8, 4) is 16.9 Å². The van der Waals surface area contributed by atoms with Crippen molar-refractivity contribution in [2.75, 3.05) is 5.01 Å². The van der Waals surface area contributed by atoms with E-state index in [2.05, 4.69) is 126 Å². The molecule has 4 nitrogen and oxygen atoms in total. The molecule has 0 saturated carbocycles. The van der Waals surface area contributed by atoms with E-state index in [0.29, 0.717) is 0 Å². The molecule has 1 aliphatic heterocycles. The predicted octanol–water partition coefficient (Wildman–Crippen LogP) is 8.15. The number of anilines is 1. The van der Waals surface area contributed by atoms with Gasteiger partial charge in [-0.1, -0.05) is 97.1 Å². The first-order valence-electron chi connectivity index (χ1n) is 14.0. The van der Waals surface area contributed by atoms with E-state index >= 15 is 0 Å². The number of benzene rings is 5. The van der Waals surface area contributed by atoms with Gasteiger partial charge in [0.15, 0.2) is 0 Å². The summed E-state index contributed by atoms with van der Waals surface area (Å²) in [6.07, 6.45) is 5.24. The Hall–Kier alpha value is -4.96. The molecule has 6 aromatic rings. The van der Waals surface area contributed by atoms with Crippen LogP contribution in [0.25, 0.3) is 27.7 Å². The Morgan fingerprint density at radius 1 is 0.625 bits per heavy atom. The molecule has 0 radical (unpaired) electrons. The largest absolute Gasteiger partial charge is 0.257 e. The fourth-order valence-electron chi connectivity index (χ4n) is 6.38. The molecule has 1 unspecified atom stereocenters. The SMILES string of the molecule is c1ccc(C2=NN(c3ccccc3)C(c3cn(-c4ccccc4)nc3-c3ccc4c5c(cccc35)CC4)C2)cc1. The van der Waals surface area contributed by atoms with Crippen LogP contribution in [0.3, 0.4) is 0 Å². The third-order valence-corrected chi connectivity index (χ3v) is 8.29. The van der Waals surface area contributed by atoms with Gasteiger partial charge in [0.05, 0.1) is 28.8 Å². The Balaban J connectivity index is 1.34. The lowest BCUT2D eigenvalue weighted by atomic mass is 9.92. The molecule has 8 rings (SSSR count). The maximum absolute atomic E-state index is 5.29. The quantitative estimate of drug-likeness (QED) is 0.232. The number of nitrogens with zero attached hydrogens (tertiary/aromatic N) is 4. The highest BCUT2D eigenvalue weighted by Crippen LogP contribution is 2.43. The first-order chi connectivity index (χ1) is 19.8. The molecule has 192 valence electrons. The van der Waals surface area contributed by atoms with E-state index < -0.39 is 0 Å². The molecule has 5 aromatic carbocycles. The summed E-state index contributed by atoms with van der Waals surface area (Å²) in [5.74, 6) is 0. The predicted molar refractivity (Wildman–Crippen MR) is 163 cm³/mol. The standard InChI is InChI=1S/C36H28N4/c1-4-11-25(12-5-1)33-23-34(40(37-33)29-16-8-3-9-17-29)32-24-39(28-14-6-2-7-15-28)38-36(32)31-22-21-27-20-19-26-13-10-18-30(31)35(26)27/h1-18,21-22,24,34H,19-20,23H2. The van der Waals surface area contributed by atoms with Gasteiger partial charge >= 0.3 is 0 Å². The Morgan fingerprint density at radius 2 is 1.30 bits per heavy atom. The first kappa shape index (κ1) is 23.0. The van der Waals surface area contributed by atoms with Crippen LogP contribution in [0.15, 0.2) is 133 Å². The maximum atomic E-state index is 5.29. The highest BCUT2D eigenvalue weighted by Gasteiger charge is 2.34. The number of hydrazone groups is 1. The van der Waals surface area contributed by atoms with Crippen LogP contribution in [0.5, 0.6) is 0 Å². The molecule has 40 heavy (non-hydrogen) atoms. The van der Waals surface area contributed by atoms with Crippen LogP contribution < -0.4 is 5.01 Å². The van der Waals surface area contributed by atoms with Crippen molar-refractivity contribution in [3.63, 3.8) is 0 Å². The van der Waals surface area contributed by atoms with E-state index in [1.807, 2.05) is 10.7 Å². The third-order valence-electron chi connectivity index (χ3n) is 8.29. The van der Waals surface area contributed by atoms with Gasteiger partial charge in [0.1, 0.15) is 0 Å². The molecule has 0 N–H and O–H groups in total. The second-order valence-electron chi connectivity index (χ2n) is 10.6. The molecule has 0 bridgehead atoms. The van der Waals surface area contributed by atoms with Crippen molar-refractivity contribution in [1.29, 1.82) is 0 Å². The lowest BCUT2D eigenvalue weighted by molar-refractivity contribution is 0.710. The van der Waals surface area contributed by atoms with Gasteiger partial charge in [-0.05, 0) is 64.6 Å². The number of aryl methyl sites for hydroxylation is 2. The molecular formula is C36H28N4. The summed E-state index contributed by atoms with van der Waals surface area (Å²) in [7, 11) is 0. The molecule has 2 aliphatic rings. The zero-order valence-electron chi connectivity index (χ0n) is 22.1. The summed E-state index contributed by atoms with van der Waals surface area (Å²) in [4.78, 5) is 0. The van der Waals surface area contributed by atoms with Gasteiger partial charge in [-0.2, -0.15) is 10.2 Å². The first-order valence-corrected chi connectivity index (χ1v) is 14.0. The van der Waals surface area contributed by atoms with E-state index in [4.69, 9.17) is 10.2 Å². The van der Waals surface area contributed by atoms with Gasteiger partial charge < -0.3 is 0 Å². The molecule has 0 amide bonds. The van der Waals surface area contributed by atoms with Crippen molar-refractivity contribution in [3.05, 3.63) is 150 Å². The van der Waals surface area contributed by atoms with Crippen LogP contribution in [-0.4, -0.2) is 15.5 Å². The van der Waals surface area contributed by atoms with Gasteiger partial charge in [-0.15, -0.1) is 0 Å². The maximum Gasteiger partial charge on any atom is 0.0987 e. The number of para-hydroxylation sites is 2. The normalized spacial score (nSPS) is 16.1. The summed E-state index contributed by atoms with van der Waals surface area (Å²) >= 11 is 0. The zero-order chi connectivity index (χ0) is 26.5. The van der Waals surface area contributed by atoms with Crippen LogP contribution in [0, 0.1) is 0 Å². The molecule has 0 fully saturated rings. The van der Waals surface area contributed by atoms with E-state index in [1.165, 1.54) is 33.0 Å². The summed E-state index contributed by atoms with van der Waals surface area (Å²) < 4.78 is 2.04. The minimum absolute atomic E-state index is 0.00751.